The third-order valence-electron chi connectivity index (χ3n) is 4.72. The van der Waals surface area contributed by atoms with Gasteiger partial charge in [0.25, 0.3) is 5.91 Å². The molecular formula is C19H28ClN5O. The van der Waals surface area contributed by atoms with E-state index >= 15 is 0 Å². The van der Waals surface area contributed by atoms with Gasteiger partial charge in [0.1, 0.15) is 0 Å². The Bertz CT molecular complexity index is 677. The zero-order chi connectivity index (χ0) is 17.5. The van der Waals surface area contributed by atoms with Crippen molar-refractivity contribution in [3.8, 4) is 5.69 Å². The SMILES string of the molecule is Cc1ccc(-n2cc(C(=O)NCCNC3CCCCCC3)nn2)cc1.Cl. The third-order valence-corrected chi connectivity index (χ3v) is 4.72. The van der Waals surface area contributed by atoms with Crippen molar-refractivity contribution in [1.82, 2.24) is 25.6 Å². The lowest BCUT2D eigenvalue weighted by atomic mass is 10.1. The molecule has 3 rings (SSSR count). The van der Waals surface area contributed by atoms with Gasteiger partial charge < -0.3 is 10.6 Å². The topological polar surface area (TPSA) is 71.8 Å². The van der Waals surface area contributed by atoms with Crippen LogP contribution in [0.15, 0.2) is 30.5 Å². The van der Waals surface area contributed by atoms with Crippen LogP contribution in [0, 0.1) is 6.92 Å². The highest BCUT2D eigenvalue weighted by atomic mass is 35.5. The fourth-order valence-electron chi connectivity index (χ4n) is 3.22. The first-order valence-corrected chi connectivity index (χ1v) is 9.23. The van der Waals surface area contributed by atoms with E-state index in [1.54, 1.807) is 10.9 Å². The van der Waals surface area contributed by atoms with E-state index in [-0.39, 0.29) is 18.3 Å². The van der Waals surface area contributed by atoms with Crippen LogP contribution in [0.4, 0.5) is 0 Å². The summed E-state index contributed by atoms with van der Waals surface area (Å²) in [4.78, 5) is 12.2. The fraction of sp³-hybridized carbons (Fsp3) is 0.526. The quantitative estimate of drug-likeness (QED) is 0.599. The molecule has 7 heteroatoms. The monoisotopic (exact) mass is 377 g/mol. The maximum absolute atomic E-state index is 12.2. The molecule has 1 heterocycles. The molecule has 0 bridgehead atoms. The molecule has 26 heavy (non-hydrogen) atoms. The van der Waals surface area contributed by atoms with Crippen molar-refractivity contribution < 1.29 is 4.79 Å². The van der Waals surface area contributed by atoms with Crippen molar-refractivity contribution in [2.75, 3.05) is 13.1 Å². The zero-order valence-electron chi connectivity index (χ0n) is 15.3. The van der Waals surface area contributed by atoms with Crippen LogP contribution in [-0.4, -0.2) is 40.0 Å². The second-order valence-corrected chi connectivity index (χ2v) is 6.78. The molecule has 0 spiro atoms. The molecule has 0 unspecified atom stereocenters. The maximum Gasteiger partial charge on any atom is 0.273 e. The van der Waals surface area contributed by atoms with Gasteiger partial charge in [0.2, 0.25) is 0 Å². The largest absolute Gasteiger partial charge is 0.349 e. The number of carbonyl (C=O) groups excluding carboxylic acids is 1. The molecular weight excluding hydrogens is 350 g/mol. The molecule has 1 saturated carbocycles. The Balaban J connectivity index is 0.00000243. The maximum atomic E-state index is 12.2. The van der Waals surface area contributed by atoms with E-state index in [1.165, 1.54) is 44.1 Å². The number of halogens is 1. The van der Waals surface area contributed by atoms with Gasteiger partial charge >= 0.3 is 0 Å². The van der Waals surface area contributed by atoms with Crippen LogP contribution in [0.2, 0.25) is 0 Å². The van der Waals surface area contributed by atoms with Gasteiger partial charge in [0.05, 0.1) is 11.9 Å². The number of amides is 1. The van der Waals surface area contributed by atoms with Crippen LogP contribution < -0.4 is 10.6 Å². The van der Waals surface area contributed by atoms with E-state index in [2.05, 4.69) is 20.9 Å². The third kappa shape index (κ3) is 5.81. The van der Waals surface area contributed by atoms with Crippen LogP contribution in [0.1, 0.15) is 54.6 Å². The first kappa shape index (κ1) is 20.4. The first-order valence-electron chi connectivity index (χ1n) is 9.23. The summed E-state index contributed by atoms with van der Waals surface area (Å²) >= 11 is 0. The number of rotatable bonds is 6. The number of aryl methyl sites for hydroxylation is 1. The minimum Gasteiger partial charge on any atom is -0.349 e. The van der Waals surface area contributed by atoms with Gasteiger partial charge in [-0.1, -0.05) is 48.6 Å². The Labute approximate surface area is 161 Å². The lowest BCUT2D eigenvalue weighted by molar-refractivity contribution is 0.0948. The zero-order valence-corrected chi connectivity index (χ0v) is 16.1. The van der Waals surface area contributed by atoms with Crippen LogP contribution in [0.3, 0.4) is 0 Å². The van der Waals surface area contributed by atoms with Gasteiger partial charge in [-0.2, -0.15) is 0 Å². The minimum absolute atomic E-state index is 0. The number of aromatic nitrogens is 3. The molecule has 0 radical (unpaired) electrons. The van der Waals surface area contributed by atoms with Crippen LogP contribution in [0.25, 0.3) is 5.69 Å². The molecule has 1 aliphatic carbocycles. The standard InChI is InChI=1S/C19H27N5O.ClH/c1-15-8-10-17(11-9-15)24-14-18(22-23-24)19(25)21-13-12-20-16-6-4-2-3-5-7-16;/h8-11,14,16,20H,2-7,12-13H2,1H3,(H,21,25);1H. The Kier molecular flexibility index (Phi) is 8.06. The second-order valence-electron chi connectivity index (χ2n) is 6.78. The summed E-state index contributed by atoms with van der Waals surface area (Å²) in [6.45, 7) is 3.43. The van der Waals surface area contributed by atoms with Gasteiger partial charge in [-0.05, 0) is 31.9 Å². The molecule has 1 aliphatic rings. The second kappa shape index (κ2) is 10.3. The average Bonchev–Trinajstić information content (AvgIpc) is 2.97. The predicted molar refractivity (Wildman–Crippen MR) is 105 cm³/mol. The van der Waals surface area contributed by atoms with Gasteiger partial charge in [-0.3, -0.25) is 4.79 Å². The van der Waals surface area contributed by atoms with Crippen molar-refractivity contribution in [3.63, 3.8) is 0 Å². The van der Waals surface area contributed by atoms with Gasteiger partial charge in [-0.25, -0.2) is 4.68 Å². The van der Waals surface area contributed by atoms with Gasteiger partial charge in [-0.15, -0.1) is 17.5 Å². The lowest BCUT2D eigenvalue weighted by Crippen LogP contribution is -2.37. The molecule has 1 aromatic heterocycles. The molecule has 2 aromatic rings. The van der Waals surface area contributed by atoms with Gasteiger partial charge in [0.15, 0.2) is 5.69 Å². The first-order chi connectivity index (χ1) is 12.2. The van der Waals surface area contributed by atoms with E-state index in [9.17, 15) is 4.79 Å². The van der Waals surface area contributed by atoms with Crippen LogP contribution in [0.5, 0.6) is 0 Å². The molecule has 0 saturated heterocycles. The van der Waals surface area contributed by atoms with Crippen LogP contribution >= 0.6 is 12.4 Å². The summed E-state index contributed by atoms with van der Waals surface area (Å²) in [6, 6.07) is 8.54. The Morgan fingerprint density at radius 1 is 1.12 bits per heavy atom. The number of nitrogens with one attached hydrogen (secondary N) is 2. The predicted octanol–water partition coefficient (Wildman–Crippen LogP) is 3.04. The van der Waals surface area contributed by atoms with Crippen molar-refractivity contribution >= 4 is 18.3 Å². The summed E-state index contributed by atoms with van der Waals surface area (Å²) < 4.78 is 1.62. The molecule has 1 amide bonds. The molecule has 0 aliphatic heterocycles. The molecule has 2 N–H and O–H groups in total. The number of carbonyl (C=O) groups is 1. The molecule has 1 fully saturated rings. The highest BCUT2D eigenvalue weighted by molar-refractivity contribution is 5.91. The van der Waals surface area contributed by atoms with E-state index in [0.717, 1.165) is 12.2 Å². The lowest BCUT2D eigenvalue weighted by Gasteiger charge is -2.16. The van der Waals surface area contributed by atoms with Crippen molar-refractivity contribution in [3.05, 3.63) is 41.7 Å². The Morgan fingerprint density at radius 3 is 2.50 bits per heavy atom. The smallest absolute Gasteiger partial charge is 0.273 e. The fourth-order valence-corrected chi connectivity index (χ4v) is 3.22. The summed E-state index contributed by atoms with van der Waals surface area (Å²) in [5, 5.41) is 14.5. The summed E-state index contributed by atoms with van der Waals surface area (Å²) in [5.74, 6) is -0.180. The van der Waals surface area contributed by atoms with Crippen molar-refractivity contribution in [2.24, 2.45) is 0 Å². The molecule has 142 valence electrons. The summed E-state index contributed by atoms with van der Waals surface area (Å²) in [7, 11) is 0. The van der Waals surface area contributed by atoms with Crippen LogP contribution in [-0.2, 0) is 0 Å². The Hall–Kier alpha value is -1.92. The Morgan fingerprint density at radius 2 is 1.81 bits per heavy atom. The van der Waals surface area contributed by atoms with E-state index < -0.39 is 0 Å². The molecule has 6 nitrogen and oxygen atoms in total. The van der Waals surface area contributed by atoms with Gasteiger partial charge in [0, 0.05) is 19.1 Å². The normalized spacial score (nSPS) is 15.1. The number of hydrogen-bond acceptors (Lipinski definition) is 4. The molecule has 0 atom stereocenters. The minimum atomic E-state index is -0.180. The molecule has 1 aromatic carbocycles. The summed E-state index contributed by atoms with van der Waals surface area (Å²) in [5.41, 5.74) is 2.42. The number of nitrogens with zero attached hydrogens (tertiary/aromatic N) is 3. The highest BCUT2D eigenvalue weighted by Gasteiger charge is 2.13. The number of benzene rings is 1. The average molecular weight is 378 g/mol. The van der Waals surface area contributed by atoms with Crippen molar-refractivity contribution in [1.29, 1.82) is 0 Å². The van der Waals surface area contributed by atoms with E-state index in [4.69, 9.17) is 0 Å². The van der Waals surface area contributed by atoms with E-state index in [1.807, 2.05) is 31.2 Å². The van der Waals surface area contributed by atoms with E-state index in [0.29, 0.717) is 18.3 Å². The van der Waals surface area contributed by atoms with Crippen molar-refractivity contribution in [2.45, 2.75) is 51.5 Å². The summed E-state index contributed by atoms with van der Waals surface area (Å²) in [6.07, 6.45) is 9.49. The highest BCUT2D eigenvalue weighted by Crippen LogP contribution is 2.16. The number of hydrogen-bond donors (Lipinski definition) is 2.